The first-order valence-corrected chi connectivity index (χ1v) is 9.19. The second kappa shape index (κ2) is 9.95. The Morgan fingerprint density at radius 2 is 2.00 bits per heavy atom. The van der Waals surface area contributed by atoms with E-state index in [4.69, 9.17) is 16.3 Å². The van der Waals surface area contributed by atoms with Gasteiger partial charge in [-0.1, -0.05) is 41.9 Å². The molecule has 1 heterocycles. The first kappa shape index (κ1) is 21.5. The molecule has 1 saturated heterocycles. The van der Waals surface area contributed by atoms with Gasteiger partial charge in [-0.15, -0.1) is 12.4 Å². The predicted molar refractivity (Wildman–Crippen MR) is 113 cm³/mol. The van der Waals surface area contributed by atoms with E-state index in [1.807, 2.05) is 37.3 Å². The highest BCUT2D eigenvalue weighted by Crippen LogP contribution is 2.29. The monoisotopic (exact) mass is 409 g/mol. The molecule has 2 aromatic rings. The van der Waals surface area contributed by atoms with Crippen LogP contribution in [0.25, 0.3) is 0 Å². The summed E-state index contributed by atoms with van der Waals surface area (Å²) < 4.78 is 5.52. The van der Waals surface area contributed by atoms with E-state index in [-0.39, 0.29) is 36.5 Å². The summed E-state index contributed by atoms with van der Waals surface area (Å²) in [7, 11) is 0. The topological polar surface area (TPSA) is 62.4 Å². The van der Waals surface area contributed by atoms with Gasteiger partial charge in [-0.2, -0.15) is 0 Å². The lowest BCUT2D eigenvalue weighted by atomic mass is 10.1. The van der Waals surface area contributed by atoms with Gasteiger partial charge in [0.05, 0.1) is 23.4 Å². The van der Waals surface area contributed by atoms with E-state index in [1.54, 1.807) is 6.07 Å². The second-order valence-corrected chi connectivity index (χ2v) is 6.88. The van der Waals surface area contributed by atoms with Gasteiger partial charge in [0.15, 0.2) is 0 Å². The summed E-state index contributed by atoms with van der Waals surface area (Å²) in [5.74, 6) is -0.119. The van der Waals surface area contributed by atoms with Gasteiger partial charge in [0.2, 0.25) is 5.91 Å². The number of ether oxygens (including phenoxy) is 1. The van der Waals surface area contributed by atoms with Gasteiger partial charge >= 0.3 is 0 Å². The molecule has 1 fully saturated rings. The van der Waals surface area contributed by atoms with Gasteiger partial charge in [0.25, 0.3) is 0 Å². The summed E-state index contributed by atoms with van der Waals surface area (Å²) in [6, 6.07) is 15.4. The highest BCUT2D eigenvalue weighted by Gasteiger charge is 2.28. The Labute approximate surface area is 171 Å². The van der Waals surface area contributed by atoms with E-state index in [2.05, 4.69) is 35.0 Å². The number of benzene rings is 2. The summed E-state index contributed by atoms with van der Waals surface area (Å²) in [6.45, 7) is 5.26. The number of morpholine rings is 1. The fraction of sp³-hybridized carbons (Fsp3) is 0.350. The van der Waals surface area contributed by atoms with Crippen LogP contribution >= 0.6 is 24.0 Å². The highest BCUT2D eigenvalue weighted by atomic mass is 35.5. The van der Waals surface area contributed by atoms with Crippen molar-refractivity contribution in [3.8, 4) is 0 Å². The normalized spacial score (nSPS) is 20.3. The van der Waals surface area contributed by atoms with Gasteiger partial charge in [-0.3, -0.25) is 4.79 Å². The van der Waals surface area contributed by atoms with Crippen LogP contribution in [0.3, 0.4) is 0 Å². The van der Waals surface area contributed by atoms with Crippen molar-refractivity contribution in [3.63, 3.8) is 0 Å². The third kappa shape index (κ3) is 5.59. The Hall–Kier alpha value is -1.79. The Morgan fingerprint density at radius 1 is 1.26 bits per heavy atom. The molecule has 2 aromatic carbocycles. The number of anilines is 2. The summed E-state index contributed by atoms with van der Waals surface area (Å²) in [4.78, 5) is 12.4. The molecule has 1 amide bonds. The largest absolute Gasteiger partial charge is 0.377 e. The van der Waals surface area contributed by atoms with Gasteiger partial charge in [0, 0.05) is 18.3 Å². The molecule has 7 heteroatoms. The molecule has 146 valence electrons. The van der Waals surface area contributed by atoms with Crippen molar-refractivity contribution in [1.82, 2.24) is 5.32 Å². The SMILES string of the molecule is CC(Nc1ccc(NC(=O)[C@H]2NCCO[C@@H]2C)cc1Cl)c1ccccc1.Cl. The minimum Gasteiger partial charge on any atom is -0.377 e. The van der Waals surface area contributed by atoms with E-state index in [1.165, 1.54) is 5.56 Å². The summed E-state index contributed by atoms with van der Waals surface area (Å²) in [5, 5.41) is 10.0. The van der Waals surface area contributed by atoms with Gasteiger partial charge in [-0.25, -0.2) is 0 Å². The number of rotatable bonds is 5. The lowest BCUT2D eigenvalue weighted by molar-refractivity contribution is -0.123. The number of hydrogen-bond acceptors (Lipinski definition) is 4. The zero-order valence-corrected chi connectivity index (χ0v) is 16.9. The summed E-state index contributed by atoms with van der Waals surface area (Å²) in [6.07, 6.45) is -0.160. The molecule has 1 aliphatic rings. The number of nitrogens with one attached hydrogen (secondary N) is 3. The molecule has 3 atom stereocenters. The Morgan fingerprint density at radius 3 is 2.67 bits per heavy atom. The molecule has 0 radical (unpaired) electrons. The summed E-state index contributed by atoms with van der Waals surface area (Å²) >= 11 is 6.40. The minimum atomic E-state index is -0.363. The van der Waals surface area contributed by atoms with Crippen molar-refractivity contribution >= 4 is 41.3 Å². The van der Waals surface area contributed by atoms with Crippen molar-refractivity contribution in [2.75, 3.05) is 23.8 Å². The molecule has 0 bridgehead atoms. The number of carbonyl (C=O) groups is 1. The molecule has 0 aromatic heterocycles. The van der Waals surface area contributed by atoms with Crippen LogP contribution in [0, 0.1) is 0 Å². The molecule has 1 unspecified atom stereocenters. The quantitative estimate of drug-likeness (QED) is 0.690. The smallest absolute Gasteiger partial charge is 0.244 e. The van der Waals surface area contributed by atoms with Crippen LogP contribution in [0.15, 0.2) is 48.5 Å². The van der Waals surface area contributed by atoms with Crippen molar-refractivity contribution in [2.45, 2.75) is 32.0 Å². The first-order valence-electron chi connectivity index (χ1n) is 8.81. The standard InChI is InChI=1S/C20H24ClN3O2.ClH/c1-13(15-6-4-3-5-7-15)23-18-9-8-16(12-17(18)21)24-20(25)19-14(2)26-11-10-22-19;/h3-9,12-14,19,22-23H,10-11H2,1-2H3,(H,24,25);1H/t13?,14-,19+;/m1./s1. The lowest BCUT2D eigenvalue weighted by Crippen LogP contribution is -2.53. The number of halogens is 2. The fourth-order valence-corrected chi connectivity index (χ4v) is 3.25. The van der Waals surface area contributed by atoms with E-state index in [9.17, 15) is 4.79 Å². The average Bonchev–Trinajstić information content (AvgIpc) is 2.65. The van der Waals surface area contributed by atoms with Gasteiger partial charge < -0.3 is 20.7 Å². The molecule has 5 nitrogen and oxygen atoms in total. The first-order chi connectivity index (χ1) is 12.5. The molecule has 1 aliphatic heterocycles. The second-order valence-electron chi connectivity index (χ2n) is 6.47. The maximum absolute atomic E-state index is 12.4. The third-order valence-electron chi connectivity index (χ3n) is 4.51. The molecular weight excluding hydrogens is 385 g/mol. The van der Waals surface area contributed by atoms with Crippen LogP contribution in [0.4, 0.5) is 11.4 Å². The molecule has 27 heavy (non-hydrogen) atoms. The minimum absolute atomic E-state index is 0. The van der Waals surface area contributed by atoms with Crippen molar-refractivity contribution < 1.29 is 9.53 Å². The lowest BCUT2D eigenvalue weighted by Gasteiger charge is -2.29. The van der Waals surface area contributed by atoms with Crippen LogP contribution in [0.5, 0.6) is 0 Å². The molecule has 3 N–H and O–H groups in total. The van der Waals surface area contributed by atoms with Crippen LogP contribution in [0.1, 0.15) is 25.5 Å². The summed E-state index contributed by atoms with van der Waals surface area (Å²) in [5.41, 5.74) is 2.67. The van der Waals surface area contributed by atoms with Crippen molar-refractivity contribution in [3.05, 3.63) is 59.1 Å². The number of amides is 1. The van der Waals surface area contributed by atoms with Crippen LogP contribution < -0.4 is 16.0 Å². The van der Waals surface area contributed by atoms with E-state index in [0.29, 0.717) is 23.9 Å². The fourth-order valence-electron chi connectivity index (χ4n) is 3.02. The van der Waals surface area contributed by atoms with Crippen molar-refractivity contribution in [2.24, 2.45) is 0 Å². The predicted octanol–water partition coefficient (Wildman–Crippen LogP) is 4.25. The zero-order valence-electron chi connectivity index (χ0n) is 15.4. The van der Waals surface area contributed by atoms with Gasteiger partial charge in [0.1, 0.15) is 6.04 Å². The van der Waals surface area contributed by atoms with E-state index >= 15 is 0 Å². The number of carbonyl (C=O) groups excluding carboxylic acids is 1. The average molecular weight is 410 g/mol. The molecular formula is C20H25Cl2N3O2. The zero-order chi connectivity index (χ0) is 18.5. The molecule has 0 saturated carbocycles. The molecule has 3 rings (SSSR count). The molecule has 0 spiro atoms. The Bertz CT molecular complexity index is 758. The highest BCUT2D eigenvalue weighted by molar-refractivity contribution is 6.33. The van der Waals surface area contributed by atoms with Gasteiger partial charge in [-0.05, 0) is 37.6 Å². The van der Waals surface area contributed by atoms with Crippen LogP contribution in [0.2, 0.25) is 5.02 Å². The van der Waals surface area contributed by atoms with Crippen LogP contribution in [-0.2, 0) is 9.53 Å². The van der Waals surface area contributed by atoms with E-state index in [0.717, 1.165) is 5.69 Å². The maximum Gasteiger partial charge on any atom is 0.244 e. The van der Waals surface area contributed by atoms with E-state index < -0.39 is 0 Å². The van der Waals surface area contributed by atoms with Crippen LogP contribution in [-0.4, -0.2) is 31.2 Å². The van der Waals surface area contributed by atoms with Crippen molar-refractivity contribution in [1.29, 1.82) is 0 Å². The molecule has 0 aliphatic carbocycles. The Kier molecular flexibility index (Phi) is 7.92. The Balaban J connectivity index is 0.00000261. The number of hydrogen-bond donors (Lipinski definition) is 3. The third-order valence-corrected chi connectivity index (χ3v) is 4.82. The maximum atomic E-state index is 12.4.